The molecule has 1 fully saturated rings. The lowest BCUT2D eigenvalue weighted by molar-refractivity contribution is -0.135. The fourth-order valence-corrected chi connectivity index (χ4v) is 1.79. The molecule has 5 heteroatoms. The van der Waals surface area contributed by atoms with E-state index in [1.54, 1.807) is 0 Å². The molecule has 0 radical (unpaired) electrons. The van der Waals surface area contributed by atoms with Gasteiger partial charge in [0.15, 0.2) is 0 Å². The summed E-state index contributed by atoms with van der Waals surface area (Å²) in [7, 11) is 0. The van der Waals surface area contributed by atoms with Crippen molar-refractivity contribution < 1.29 is 24.8 Å². The molecule has 3 N–H and O–H groups in total. The first-order valence-corrected chi connectivity index (χ1v) is 5.85. The van der Waals surface area contributed by atoms with Crippen LogP contribution in [0.1, 0.15) is 26.2 Å². The zero-order valence-corrected chi connectivity index (χ0v) is 9.76. The van der Waals surface area contributed by atoms with Crippen molar-refractivity contribution in [3.05, 3.63) is 0 Å². The molecular formula is C11H22O5. The third-order valence-corrected chi connectivity index (χ3v) is 2.95. The Hall–Kier alpha value is -0.200. The van der Waals surface area contributed by atoms with E-state index in [2.05, 4.69) is 6.92 Å². The summed E-state index contributed by atoms with van der Waals surface area (Å²) in [6, 6.07) is 0. The van der Waals surface area contributed by atoms with Crippen molar-refractivity contribution in [2.24, 2.45) is 0 Å². The van der Waals surface area contributed by atoms with Crippen LogP contribution in [0.15, 0.2) is 0 Å². The van der Waals surface area contributed by atoms with Crippen LogP contribution >= 0.6 is 0 Å². The Morgan fingerprint density at radius 1 is 1.38 bits per heavy atom. The largest absolute Gasteiger partial charge is 0.393 e. The molecule has 0 saturated carbocycles. The van der Waals surface area contributed by atoms with Gasteiger partial charge in [-0.15, -0.1) is 0 Å². The van der Waals surface area contributed by atoms with Crippen molar-refractivity contribution in [2.45, 2.75) is 44.0 Å². The van der Waals surface area contributed by atoms with Crippen LogP contribution in [0.2, 0.25) is 0 Å². The molecule has 96 valence electrons. The maximum Gasteiger partial charge on any atom is 0.143 e. The molecule has 1 rings (SSSR count). The highest BCUT2D eigenvalue weighted by Crippen LogP contribution is 2.26. The van der Waals surface area contributed by atoms with Gasteiger partial charge in [-0.1, -0.05) is 19.8 Å². The van der Waals surface area contributed by atoms with Crippen LogP contribution in [0, 0.1) is 0 Å². The van der Waals surface area contributed by atoms with Gasteiger partial charge in [-0.25, -0.2) is 0 Å². The summed E-state index contributed by atoms with van der Waals surface area (Å²) in [4.78, 5) is 0. The third kappa shape index (κ3) is 3.15. The van der Waals surface area contributed by atoms with Crippen molar-refractivity contribution in [1.29, 1.82) is 0 Å². The van der Waals surface area contributed by atoms with Gasteiger partial charge in [0.2, 0.25) is 0 Å². The van der Waals surface area contributed by atoms with Gasteiger partial charge in [0.25, 0.3) is 0 Å². The second kappa shape index (κ2) is 6.51. The molecule has 0 spiro atoms. The van der Waals surface area contributed by atoms with E-state index in [4.69, 9.17) is 9.47 Å². The first kappa shape index (κ1) is 13.9. The second-order valence-corrected chi connectivity index (χ2v) is 4.31. The molecule has 0 aromatic rings. The van der Waals surface area contributed by atoms with E-state index < -0.39 is 17.8 Å². The number of rotatable bonds is 7. The lowest BCUT2D eigenvalue weighted by Crippen LogP contribution is -2.50. The van der Waals surface area contributed by atoms with Crippen molar-refractivity contribution in [1.82, 2.24) is 0 Å². The Kier molecular flexibility index (Phi) is 5.64. The molecule has 0 aromatic carbocycles. The van der Waals surface area contributed by atoms with Gasteiger partial charge in [0, 0.05) is 6.61 Å². The lowest BCUT2D eigenvalue weighted by atomic mass is 9.97. The van der Waals surface area contributed by atoms with Crippen molar-refractivity contribution in [2.75, 3.05) is 26.4 Å². The summed E-state index contributed by atoms with van der Waals surface area (Å²) in [6.45, 7) is 2.50. The second-order valence-electron chi connectivity index (χ2n) is 4.31. The molecule has 16 heavy (non-hydrogen) atoms. The van der Waals surface area contributed by atoms with Crippen LogP contribution in [0.3, 0.4) is 0 Å². The summed E-state index contributed by atoms with van der Waals surface area (Å²) in [5, 5.41) is 28.3. The Bertz CT molecular complexity index is 199. The Labute approximate surface area is 96.0 Å². The highest BCUT2D eigenvalue weighted by atomic mass is 16.6. The minimum Gasteiger partial charge on any atom is -0.393 e. The molecular weight excluding hydrogens is 212 g/mol. The molecule has 5 nitrogen and oxygen atoms in total. The van der Waals surface area contributed by atoms with Gasteiger partial charge in [0.1, 0.15) is 17.8 Å². The van der Waals surface area contributed by atoms with Crippen LogP contribution < -0.4 is 0 Å². The predicted octanol–water partition coefficient (Wildman–Crippen LogP) is -0.324. The lowest BCUT2D eigenvalue weighted by Gasteiger charge is -2.29. The average Bonchev–Trinajstić information content (AvgIpc) is 2.58. The first-order valence-electron chi connectivity index (χ1n) is 5.85. The topological polar surface area (TPSA) is 79.2 Å². The molecule has 0 aromatic heterocycles. The quantitative estimate of drug-likeness (QED) is 0.526. The maximum absolute atomic E-state index is 9.70. The van der Waals surface area contributed by atoms with Gasteiger partial charge in [-0.3, -0.25) is 0 Å². The number of aliphatic hydroxyl groups excluding tert-OH is 3. The molecule has 0 aliphatic carbocycles. The highest BCUT2D eigenvalue weighted by Gasteiger charge is 2.48. The molecule has 3 atom stereocenters. The SMILES string of the molecule is CCCCCOC[C@@]1(CO)OC[C@@H](O)C1O. The van der Waals surface area contributed by atoms with E-state index in [-0.39, 0.29) is 19.8 Å². The zero-order valence-electron chi connectivity index (χ0n) is 9.76. The Morgan fingerprint density at radius 2 is 2.12 bits per heavy atom. The Morgan fingerprint density at radius 3 is 2.62 bits per heavy atom. The first-order chi connectivity index (χ1) is 7.66. The van der Waals surface area contributed by atoms with E-state index >= 15 is 0 Å². The van der Waals surface area contributed by atoms with Gasteiger partial charge in [0.05, 0.1) is 19.8 Å². The molecule has 0 amide bonds. The summed E-state index contributed by atoms with van der Waals surface area (Å²) in [5.74, 6) is 0. The molecule has 0 bridgehead atoms. The van der Waals surface area contributed by atoms with Crippen molar-refractivity contribution in [3.63, 3.8) is 0 Å². The van der Waals surface area contributed by atoms with Gasteiger partial charge in [-0.05, 0) is 6.42 Å². The summed E-state index contributed by atoms with van der Waals surface area (Å²) in [5.41, 5.74) is -1.15. The van der Waals surface area contributed by atoms with Crippen molar-refractivity contribution >= 4 is 0 Å². The smallest absolute Gasteiger partial charge is 0.143 e. The van der Waals surface area contributed by atoms with Crippen LogP contribution in [0.4, 0.5) is 0 Å². The van der Waals surface area contributed by atoms with E-state index in [1.807, 2.05) is 0 Å². The molecule has 1 aliphatic rings. The van der Waals surface area contributed by atoms with E-state index in [0.29, 0.717) is 6.61 Å². The van der Waals surface area contributed by atoms with E-state index in [1.165, 1.54) is 0 Å². The molecule has 1 aliphatic heterocycles. The fraction of sp³-hybridized carbons (Fsp3) is 1.00. The number of hydrogen-bond donors (Lipinski definition) is 3. The minimum absolute atomic E-state index is 0.0417. The van der Waals surface area contributed by atoms with Gasteiger partial charge < -0.3 is 24.8 Å². The Balaban J connectivity index is 2.31. The van der Waals surface area contributed by atoms with Crippen LogP contribution in [-0.4, -0.2) is 59.6 Å². The maximum atomic E-state index is 9.70. The normalized spacial score (nSPS) is 34.5. The van der Waals surface area contributed by atoms with Crippen LogP contribution in [0.5, 0.6) is 0 Å². The monoisotopic (exact) mass is 234 g/mol. The van der Waals surface area contributed by atoms with Crippen LogP contribution in [0.25, 0.3) is 0 Å². The molecule has 1 heterocycles. The standard InChI is InChI=1S/C11H22O5/c1-2-3-4-5-15-8-11(7-12)10(14)9(13)6-16-11/h9-10,12-14H,2-8H2,1H3/t9-,10?,11-/m1/s1. The third-order valence-electron chi connectivity index (χ3n) is 2.95. The summed E-state index contributed by atoms with van der Waals surface area (Å²) < 4.78 is 10.6. The predicted molar refractivity (Wildman–Crippen MR) is 58.1 cm³/mol. The summed E-state index contributed by atoms with van der Waals surface area (Å²) >= 11 is 0. The number of unbranched alkanes of at least 4 members (excludes halogenated alkanes) is 2. The van der Waals surface area contributed by atoms with E-state index in [0.717, 1.165) is 19.3 Å². The minimum atomic E-state index is -1.15. The van der Waals surface area contributed by atoms with Crippen LogP contribution in [-0.2, 0) is 9.47 Å². The fourth-order valence-electron chi connectivity index (χ4n) is 1.79. The number of aliphatic hydroxyl groups is 3. The van der Waals surface area contributed by atoms with Crippen molar-refractivity contribution in [3.8, 4) is 0 Å². The molecule has 1 unspecified atom stereocenters. The number of hydrogen-bond acceptors (Lipinski definition) is 5. The zero-order chi connectivity index (χ0) is 12.0. The molecule has 1 saturated heterocycles. The number of ether oxygens (including phenoxy) is 2. The summed E-state index contributed by atoms with van der Waals surface area (Å²) in [6.07, 6.45) is 1.15. The van der Waals surface area contributed by atoms with Gasteiger partial charge >= 0.3 is 0 Å². The highest BCUT2D eigenvalue weighted by molar-refractivity contribution is 4.97. The van der Waals surface area contributed by atoms with Gasteiger partial charge in [-0.2, -0.15) is 0 Å². The average molecular weight is 234 g/mol. The van der Waals surface area contributed by atoms with E-state index in [9.17, 15) is 15.3 Å².